The van der Waals surface area contributed by atoms with E-state index in [1.54, 1.807) is 6.92 Å². The van der Waals surface area contributed by atoms with Crippen molar-refractivity contribution in [1.82, 2.24) is 5.32 Å². The van der Waals surface area contributed by atoms with Crippen LogP contribution in [0.15, 0.2) is 0 Å². The molecule has 3 heteroatoms. The van der Waals surface area contributed by atoms with Crippen LogP contribution in [-0.4, -0.2) is 17.7 Å². The van der Waals surface area contributed by atoms with Gasteiger partial charge in [0, 0.05) is 11.8 Å². The SMILES string of the molecule is CCC(C(=O)NC(C)C(=O)C(C)C)C(C)C. The smallest absolute Gasteiger partial charge is 0.223 e. The maximum atomic E-state index is 11.9. The molecule has 0 aromatic rings. The lowest BCUT2D eigenvalue weighted by atomic mass is 9.91. The van der Waals surface area contributed by atoms with Crippen LogP contribution >= 0.6 is 0 Å². The van der Waals surface area contributed by atoms with Gasteiger partial charge in [-0.2, -0.15) is 0 Å². The highest BCUT2D eigenvalue weighted by Crippen LogP contribution is 2.15. The van der Waals surface area contributed by atoms with Gasteiger partial charge in [-0.15, -0.1) is 0 Å². The van der Waals surface area contributed by atoms with Crippen LogP contribution in [0.5, 0.6) is 0 Å². The third kappa shape index (κ3) is 4.33. The molecule has 0 aliphatic heterocycles. The quantitative estimate of drug-likeness (QED) is 0.757. The van der Waals surface area contributed by atoms with E-state index in [-0.39, 0.29) is 29.6 Å². The summed E-state index contributed by atoms with van der Waals surface area (Å²) in [4.78, 5) is 23.5. The second-order valence-electron chi connectivity index (χ2n) is 5.05. The van der Waals surface area contributed by atoms with Crippen molar-refractivity contribution < 1.29 is 9.59 Å². The number of hydrogen-bond donors (Lipinski definition) is 1. The molecule has 2 unspecified atom stereocenters. The van der Waals surface area contributed by atoms with E-state index in [9.17, 15) is 9.59 Å². The van der Waals surface area contributed by atoms with Gasteiger partial charge in [0.2, 0.25) is 5.91 Å². The topological polar surface area (TPSA) is 46.2 Å². The Morgan fingerprint density at radius 3 is 1.88 bits per heavy atom. The van der Waals surface area contributed by atoms with Crippen molar-refractivity contribution >= 4 is 11.7 Å². The summed E-state index contributed by atoms with van der Waals surface area (Å²) in [5.41, 5.74) is 0. The summed E-state index contributed by atoms with van der Waals surface area (Å²) in [7, 11) is 0. The van der Waals surface area contributed by atoms with Crippen LogP contribution in [-0.2, 0) is 9.59 Å². The third-order valence-electron chi connectivity index (χ3n) is 2.94. The number of carbonyl (C=O) groups excluding carboxylic acids is 2. The van der Waals surface area contributed by atoms with E-state index in [0.717, 1.165) is 6.42 Å². The minimum Gasteiger partial charge on any atom is -0.346 e. The average Bonchev–Trinajstić information content (AvgIpc) is 2.16. The molecule has 0 radical (unpaired) electrons. The number of Topliss-reactive ketones (excluding diaryl/α,β-unsaturated/α-hetero) is 1. The van der Waals surface area contributed by atoms with Gasteiger partial charge < -0.3 is 5.32 Å². The Labute approximate surface area is 99.0 Å². The molecule has 2 atom stereocenters. The van der Waals surface area contributed by atoms with Crippen molar-refractivity contribution in [3.05, 3.63) is 0 Å². The molecule has 0 fully saturated rings. The van der Waals surface area contributed by atoms with Crippen molar-refractivity contribution in [3.63, 3.8) is 0 Å². The predicted octanol–water partition coefficient (Wildman–Crippen LogP) is 2.40. The van der Waals surface area contributed by atoms with Crippen LogP contribution in [0.3, 0.4) is 0 Å². The number of ketones is 1. The molecule has 0 bridgehead atoms. The van der Waals surface area contributed by atoms with Crippen LogP contribution in [0.1, 0.15) is 48.0 Å². The first-order valence-electron chi connectivity index (χ1n) is 6.15. The third-order valence-corrected chi connectivity index (χ3v) is 2.94. The summed E-state index contributed by atoms with van der Waals surface area (Å²) in [5.74, 6) is 0.370. The van der Waals surface area contributed by atoms with Crippen molar-refractivity contribution in [2.45, 2.75) is 54.0 Å². The lowest BCUT2D eigenvalue weighted by molar-refractivity contribution is -0.132. The molecule has 0 saturated carbocycles. The molecule has 0 rings (SSSR count). The van der Waals surface area contributed by atoms with E-state index in [1.807, 2.05) is 34.6 Å². The Hall–Kier alpha value is -0.860. The van der Waals surface area contributed by atoms with Crippen molar-refractivity contribution in [2.24, 2.45) is 17.8 Å². The molecule has 0 saturated heterocycles. The Bertz CT molecular complexity index is 246. The molecule has 94 valence electrons. The zero-order valence-corrected chi connectivity index (χ0v) is 11.3. The predicted molar refractivity (Wildman–Crippen MR) is 66.1 cm³/mol. The molecule has 0 heterocycles. The largest absolute Gasteiger partial charge is 0.346 e. The van der Waals surface area contributed by atoms with E-state index in [1.165, 1.54) is 0 Å². The fraction of sp³-hybridized carbons (Fsp3) is 0.846. The summed E-state index contributed by atoms with van der Waals surface area (Å²) >= 11 is 0. The molecule has 0 aromatic carbocycles. The lowest BCUT2D eigenvalue weighted by Gasteiger charge is -2.22. The summed E-state index contributed by atoms with van der Waals surface area (Å²) in [5, 5.41) is 2.80. The zero-order valence-electron chi connectivity index (χ0n) is 11.3. The fourth-order valence-corrected chi connectivity index (χ4v) is 1.85. The van der Waals surface area contributed by atoms with Crippen molar-refractivity contribution in [2.75, 3.05) is 0 Å². The van der Waals surface area contributed by atoms with Gasteiger partial charge in [-0.1, -0.05) is 34.6 Å². The normalized spacial score (nSPS) is 15.0. The van der Waals surface area contributed by atoms with Gasteiger partial charge in [-0.25, -0.2) is 0 Å². The molecule has 1 N–H and O–H groups in total. The van der Waals surface area contributed by atoms with Gasteiger partial charge in [0.05, 0.1) is 6.04 Å². The molecule has 0 aliphatic carbocycles. The number of rotatable bonds is 6. The van der Waals surface area contributed by atoms with Gasteiger partial charge in [0.25, 0.3) is 0 Å². The van der Waals surface area contributed by atoms with Crippen LogP contribution in [0.25, 0.3) is 0 Å². The first-order chi connectivity index (χ1) is 7.31. The molecule has 0 spiro atoms. The number of nitrogens with one attached hydrogen (secondary N) is 1. The fourth-order valence-electron chi connectivity index (χ4n) is 1.85. The van der Waals surface area contributed by atoms with Crippen LogP contribution in [0.2, 0.25) is 0 Å². The average molecular weight is 227 g/mol. The maximum Gasteiger partial charge on any atom is 0.223 e. The highest BCUT2D eigenvalue weighted by atomic mass is 16.2. The first-order valence-corrected chi connectivity index (χ1v) is 6.15. The van der Waals surface area contributed by atoms with Gasteiger partial charge in [-0.05, 0) is 19.3 Å². The summed E-state index contributed by atoms with van der Waals surface area (Å²) in [6, 6.07) is -0.375. The Morgan fingerprint density at radius 1 is 1.06 bits per heavy atom. The second kappa shape index (κ2) is 6.66. The molecular weight excluding hydrogens is 202 g/mol. The van der Waals surface area contributed by atoms with Crippen molar-refractivity contribution in [3.8, 4) is 0 Å². The second-order valence-corrected chi connectivity index (χ2v) is 5.05. The van der Waals surface area contributed by atoms with Crippen LogP contribution < -0.4 is 5.32 Å². The molecule has 0 aromatic heterocycles. The number of hydrogen-bond acceptors (Lipinski definition) is 2. The van der Waals surface area contributed by atoms with E-state index < -0.39 is 0 Å². The number of carbonyl (C=O) groups is 2. The minimum absolute atomic E-state index is 0.000926. The Kier molecular flexibility index (Phi) is 6.31. The van der Waals surface area contributed by atoms with Crippen LogP contribution in [0.4, 0.5) is 0 Å². The summed E-state index contributed by atoms with van der Waals surface area (Å²) in [6.45, 7) is 11.5. The summed E-state index contributed by atoms with van der Waals surface area (Å²) < 4.78 is 0. The molecule has 16 heavy (non-hydrogen) atoms. The first kappa shape index (κ1) is 15.1. The standard InChI is InChI=1S/C13H25NO2/c1-7-11(8(2)3)13(16)14-10(6)12(15)9(4)5/h8-11H,7H2,1-6H3,(H,14,16). The highest BCUT2D eigenvalue weighted by molar-refractivity contribution is 5.90. The van der Waals surface area contributed by atoms with Gasteiger partial charge in [0.15, 0.2) is 5.78 Å². The van der Waals surface area contributed by atoms with Crippen LogP contribution in [0, 0.1) is 17.8 Å². The highest BCUT2D eigenvalue weighted by Gasteiger charge is 2.24. The monoisotopic (exact) mass is 227 g/mol. The molecular formula is C13H25NO2. The Morgan fingerprint density at radius 2 is 1.56 bits per heavy atom. The zero-order chi connectivity index (χ0) is 12.9. The maximum absolute atomic E-state index is 11.9. The van der Waals surface area contributed by atoms with E-state index in [4.69, 9.17) is 0 Å². The lowest BCUT2D eigenvalue weighted by Crippen LogP contribution is -2.44. The van der Waals surface area contributed by atoms with Gasteiger partial charge >= 0.3 is 0 Å². The molecule has 0 aliphatic rings. The minimum atomic E-state index is -0.375. The van der Waals surface area contributed by atoms with Gasteiger partial charge in [-0.3, -0.25) is 9.59 Å². The summed E-state index contributed by atoms with van der Waals surface area (Å²) in [6.07, 6.45) is 0.812. The number of amides is 1. The van der Waals surface area contributed by atoms with Gasteiger partial charge in [0.1, 0.15) is 0 Å². The van der Waals surface area contributed by atoms with E-state index in [2.05, 4.69) is 5.32 Å². The Balaban J connectivity index is 4.38. The van der Waals surface area contributed by atoms with E-state index >= 15 is 0 Å². The van der Waals surface area contributed by atoms with Crippen molar-refractivity contribution in [1.29, 1.82) is 0 Å². The van der Waals surface area contributed by atoms with E-state index in [0.29, 0.717) is 5.92 Å². The molecule has 3 nitrogen and oxygen atoms in total. The molecule has 1 amide bonds.